The van der Waals surface area contributed by atoms with Crippen LogP contribution in [0, 0.1) is 0 Å². The normalized spacial score (nSPS) is 25.1. The van der Waals surface area contributed by atoms with Crippen molar-refractivity contribution in [2.45, 2.75) is 151 Å². The topological polar surface area (TPSA) is 857 Å². The van der Waals surface area contributed by atoms with Crippen molar-refractivity contribution in [2.24, 2.45) is 0 Å². The summed E-state index contributed by atoms with van der Waals surface area (Å²) in [7, 11) is -32.5. The third kappa shape index (κ3) is 24.3. The van der Waals surface area contributed by atoms with Gasteiger partial charge in [0.15, 0.2) is 67.6 Å². The van der Waals surface area contributed by atoms with E-state index in [-0.39, 0.29) is 113 Å². The lowest BCUT2D eigenvalue weighted by atomic mass is 10.2. The Morgan fingerprint density at radius 3 is 1.01 bits per heavy atom. The van der Waals surface area contributed by atoms with Gasteiger partial charge in [-0.3, -0.25) is 116 Å². The van der Waals surface area contributed by atoms with Crippen LogP contribution in [0.25, 0.3) is 55.8 Å². The lowest BCUT2D eigenvalue weighted by molar-refractivity contribution is -0.0631. The molecule has 18 rings (SSSR count). The van der Waals surface area contributed by atoms with Gasteiger partial charge in [-0.2, -0.15) is 19.9 Å². The molecule has 21 atom stereocenters. The fraction of sp³-hybridized carbons (Fsp3) is 0.434. The van der Waals surface area contributed by atoms with E-state index in [2.05, 4.69) is 74.8 Å². The molecule has 3 aromatic carbocycles. The smallest absolute Gasteiger partial charge is 0.472 e. The quantitative estimate of drug-likeness (QED) is 0.0192. The summed E-state index contributed by atoms with van der Waals surface area (Å²) in [6.45, 7) is -6.40. The van der Waals surface area contributed by atoms with Crippen LogP contribution in [0.1, 0.15) is 86.4 Å². The van der Waals surface area contributed by atoms with Crippen molar-refractivity contribution in [1.29, 1.82) is 0 Å². The first kappa shape index (κ1) is 103. The van der Waals surface area contributed by atoms with E-state index in [0.29, 0.717) is 17.1 Å². The predicted molar refractivity (Wildman–Crippen MR) is 487 cm³/mol. The highest BCUT2D eigenvalue weighted by molar-refractivity contribution is 7.48. The van der Waals surface area contributed by atoms with Crippen LogP contribution in [0.5, 0.6) is 11.5 Å². The van der Waals surface area contributed by atoms with E-state index < -0.39 is 252 Å². The summed E-state index contributed by atoms with van der Waals surface area (Å²) in [5.41, 5.74) is 27.7. The van der Waals surface area contributed by atoms with Gasteiger partial charge in [-0.05, 0) is 35.2 Å². The van der Waals surface area contributed by atoms with E-state index in [0.717, 1.165) is 51.9 Å². The number of aromatic amines is 4. The minimum absolute atomic E-state index is 0.0161. The van der Waals surface area contributed by atoms with Gasteiger partial charge in [0.05, 0.1) is 91.1 Å². The number of nitrogen functional groups attached to an aromatic ring is 5. The molecule has 772 valence electrons. The molecule has 0 radical (unpaired) electrons. The van der Waals surface area contributed by atoms with E-state index in [1.807, 2.05) is 60.7 Å². The van der Waals surface area contributed by atoms with Crippen LogP contribution in [0.2, 0.25) is 0 Å². The molecule has 15 heterocycles. The zero-order valence-electron chi connectivity index (χ0n) is 74.5. The van der Waals surface area contributed by atoms with Crippen LogP contribution in [0.4, 0.5) is 29.6 Å². The zero-order chi connectivity index (χ0) is 101. The van der Waals surface area contributed by atoms with Crippen molar-refractivity contribution >= 4 is 132 Å². The molecule has 62 nitrogen and oxygen atoms in total. The number of ether oxygens (including phenoxy) is 8. The van der Waals surface area contributed by atoms with Crippen LogP contribution >= 0.6 is 46.9 Å². The largest absolute Gasteiger partial charge is 0.485 e. The molecule has 68 heteroatoms. The maximum atomic E-state index is 14.7. The highest BCUT2D eigenvalue weighted by Gasteiger charge is 2.52. The molecular weight excluding hydrogens is 2040 g/mol. The number of aromatic nitrogens is 20. The fourth-order valence-electron chi connectivity index (χ4n) is 16.3. The standard InChI is InChI=1S/C76H91N25O37P6/c77-63-58-64(83-32-82-63)97(33-84-58)53-19-44(135-141(111,112)125-28-49-43(134-140(109,110)123-17-14-102)20-54(131-49)98-34-85-59-65(98)89-73(78)93-69(59)103)50(129-53)29-126-143(115,116)137-46-22-56(100-36-87-61-67(100)91-75(80)95-71(61)105)133-52(46)31-128-144(117,118)138-47-23-57(101-37-88-62-68(101)92-76(81)96-72(62)106)132-51(47)30-127-142(113,114)136-45-21-55(99-35-86-60-66(99)90-74(79)94-70(60)104)130-48(45)27-124-139(107,108)122-16-7-15-119-24-40-12-13-41(120-25-38-8-3-1-4-9-38)42(18-40)121-26-39-10-5-2-6-11-39/h1-6,8-13,18,32-37,43-57,102H,7,14-17,19-31H2,(H,107,108)(H,109,110)(H,111,112)(H,113,114)(H,115,116)(H,117,118)(H2,77,82,83)(H3,78,89,93,103)(H3,79,90,94,104)(H3,80,91,95,105)(H3,81,92,96,106)/t43-,44-,45-,46-,47-,48+,49+,50+,51+,52+,53+,54+,55+,56+,57+/m0/s1. The molecule has 0 bridgehead atoms. The number of rotatable bonds is 46. The second-order valence-electron chi connectivity index (χ2n) is 32.6. The molecule has 0 aliphatic carbocycles. The number of hydrogen-bond donors (Lipinski definition) is 16. The third-order valence-electron chi connectivity index (χ3n) is 22.8. The Kier molecular flexibility index (Phi) is 30.6. The van der Waals surface area contributed by atoms with Crippen molar-refractivity contribution in [3.8, 4) is 11.5 Å². The summed E-state index contributed by atoms with van der Waals surface area (Å²) in [6, 6.07) is 24.4. The van der Waals surface area contributed by atoms with Gasteiger partial charge in [-0.25, -0.2) is 62.3 Å². The number of H-pyrrole nitrogens is 4. The Bertz CT molecular complexity index is 7410. The summed E-state index contributed by atoms with van der Waals surface area (Å²) in [4.78, 5) is 175. The number of fused-ring (bicyclic) bond motifs is 5. The highest BCUT2D eigenvalue weighted by Crippen LogP contribution is 2.57. The number of nitrogens with one attached hydrogen (secondary N) is 4. The first-order chi connectivity index (χ1) is 68.8. The van der Waals surface area contributed by atoms with E-state index in [4.69, 9.17) is 121 Å². The lowest BCUT2D eigenvalue weighted by Gasteiger charge is -2.26. The molecule has 144 heavy (non-hydrogen) atoms. The number of hydrogen-bond acceptors (Lipinski definition) is 47. The molecular formula is C76H91N25O37P6. The second kappa shape index (κ2) is 42.9. The molecule has 21 N–H and O–H groups in total. The molecule has 5 aliphatic rings. The molecule has 0 spiro atoms. The first-order valence-electron chi connectivity index (χ1n) is 43.5. The van der Waals surface area contributed by atoms with Gasteiger partial charge in [0, 0.05) is 38.7 Å². The average Bonchev–Trinajstić information content (AvgIpc) is 1.64. The van der Waals surface area contributed by atoms with Gasteiger partial charge in [0.2, 0.25) is 23.8 Å². The predicted octanol–water partition coefficient (Wildman–Crippen LogP) is 3.11. The van der Waals surface area contributed by atoms with Crippen LogP contribution in [0.15, 0.2) is 136 Å². The fourth-order valence-corrected chi connectivity index (χ4v) is 21.8. The van der Waals surface area contributed by atoms with Crippen LogP contribution in [-0.4, -0.2) is 253 Å². The van der Waals surface area contributed by atoms with Gasteiger partial charge in [-0.15, -0.1) is 0 Å². The number of benzene rings is 3. The number of anilines is 5. The molecule has 10 aromatic heterocycles. The minimum atomic E-state index is -5.69. The van der Waals surface area contributed by atoms with E-state index >= 15 is 0 Å². The van der Waals surface area contributed by atoms with Gasteiger partial charge >= 0.3 is 46.9 Å². The van der Waals surface area contributed by atoms with E-state index in [9.17, 15) is 81.0 Å². The number of aliphatic hydroxyl groups is 1. The molecule has 13 aromatic rings. The van der Waals surface area contributed by atoms with Crippen molar-refractivity contribution in [3.63, 3.8) is 0 Å². The number of nitrogens with two attached hydrogens (primary N) is 5. The highest BCUT2D eigenvalue weighted by atomic mass is 31.2. The SMILES string of the molecule is Nc1nc2c(ncn2[C@H]2C[C@H](OP(=O)(O)OC[C@H]3O[C@@H](n4cnc5c(=O)[nH]c(N)nc54)C[C@@H]3OP(=O)(O)OC[C@H]3O[C@@H](n4cnc5c(=O)[nH]c(N)nc54)C[C@@H]3OP(=O)(O)OC[C@H]3O[C@@H](n4cnc5c(N)ncnc54)C[C@@H]3OP(=O)(O)OC[C@H]3O[C@@H](n4cnc5c(=O)[nH]c(N)nc54)C[C@@H]3OP(=O)(O)OCCO)[C@@H](COP(=O)(O)OCCCOCc3ccc(OCc4ccccc4)c(OCc4ccccc4)c3)O2)c(=O)[nH]1. The summed E-state index contributed by atoms with van der Waals surface area (Å²) >= 11 is 0. The van der Waals surface area contributed by atoms with Gasteiger partial charge in [0.1, 0.15) is 117 Å². The molecule has 6 unspecified atom stereocenters. The molecule has 0 saturated carbocycles. The number of phosphoric ester groups is 6. The van der Waals surface area contributed by atoms with Crippen molar-refractivity contribution in [1.82, 2.24) is 97.6 Å². The lowest BCUT2D eigenvalue weighted by Crippen LogP contribution is -2.32. The second-order valence-corrected chi connectivity index (χ2v) is 41.1. The molecule has 5 saturated heterocycles. The van der Waals surface area contributed by atoms with Crippen LogP contribution in [0.3, 0.4) is 0 Å². The Hall–Kier alpha value is -11.4. The van der Waals surface area contributed by atoms with Gasteiger partial charge in [-0.1, -0.05) is 66.7 Å². The minimum Gasteiger partial charge on any atom is -0.485 e. The van der Waals surface area contributed by atoms with Gasteiger partial charge < -0.3 is 101 Å². The van der Waals surface area contributed by atoms with Crippen molar-refractivity contribution < 1.29 is 154 Å². The van der Waals surface area contributed by atoms with Crippen molar-refractivity contribution in [2.75, 3.05) is 88.1 Å². The van der Waals surface area contributed by atoms with E-state index in [1.54, 1.807) is 18.2 Å². The summed E-state index contributed by atoms with van der Waals surface area (Å²) in [6.07, 6.45) is -19.4. The number of imidazole rings is 5. The maximum Gasteiger partial charge on any atom is 0.472 e. The van der Waals surface area contributed by atoms with Crippen LogP contribution < -0.4 is 60.4 Å². The number of phosphoric acid groups is 6. The summed E-state index contributed by atoms with van der Waals surface area (Å²) in [5, 5.41) is 9.36. The number of nitrogens with zero attached hydrogens (tertiary/aromatic N) is 16. The first-order valence-corrected chi connectivity index (χ1v) is 52.4. The molecule has 5 fully saturated rings. The monoisotopic (exact) mass is 2130 g/mol. The Labute approximate surface area is 805 Å². The molecule has 0 amide bonds. The Balaban J connectivity index is 0.549. The zero-order valence-corrected chi connectivity index (χ0v) is 79.8. The molecule has 5 aliphatic heterocycles. The van der Waals surface area contributed by atoms with Gasteiger partial charge in [0.25, 0.3) is 22.2 Å². The average molecular weight is 2130 g/mol. The summed E-state index contributed by atoms with van der Waals surface area (Å²) < 4.78 is 207. The summed E-state index contributed by atoms with van der Waals surface area (Å²) in [5.74, 6) is -0.601. The number of aliphatic hydroxyl groups excluding tert-OH is 1. The van der Waals surface area contributed by atoms with Crippen LogP contribution in [-0.2, 0) is 130 Å². The van der Waals surface area contributed by atoms with E-state index in [1.165, 1.54) is 20.0 Å². The Morgan fingerprint density at radius 2 is 0.660 bits per heavy atom. The Morgan fingerprint density at radius 1 is 0.347 bits per heavy atom. The maximum absolute atomic E-state index is 14.7. The van der Waals surface area contributed by atoms with Crippen molar-refractivity contribution in [3.05, 3.63) is 175 Å². The third-order valence-corrected chi connectivity index (χ3v) is 28.9.